The van der Waals surface area contributed by atoms with Crippen molar-refractivity contribution in [2.75, 3.05) is 6.61 Å². The third-order valence-electron chi connectivity index (χ3n) is 3.34. The minimum atomic E-state index is -0.333. The van der Waals surface area contributed by atoms with Crippen LogP contribution in [0.3, 0.4) is 0 Å². The molecule has 3 nitrogen and oxygen atoms in total. The molecule has 0 saturated heterocycles. The van der Waals surface area contributed by atoms with Crippen molar-refractivity contribution < 1.29 is 14.6 Å². The Hall–Kier alpha value is -2.03. The fourth-order valence-corrected chi connectivity index (χ4v) is 1.98. The van der Waals surface area contributed by atoms with Gasteiger partial charge in [-0.2, -0.15) is 0 Å². The van der Waals surface area contributed by atoms with Crippen molar-refractivity contribution in [1.29, 1.82) is 0 Å². The van der Waals surface area contributed by atoms with Crippen LogP contribution in [0.5, 0.6) is 0 Å². The first-order valence-corrected chi connectivity index (χ1v) is 7.68. The van der Waals surface area contributed by atoms with Crippen LogP contribution in [-0.4, -0.2) is 17.7 Å². The summed E-state index contributed by atoms with van der Waals surface area (Å²) >= 11 is 0. The molecule has 22 heavy (non-hydrogen) atoms. The van der Waals surface area contributed by atoms with Crippen LogP contribution < -0.4 is 0 Å². The Balaban J connectivity index is 2.25. The second-order valence-electron chi connectivity index (χ2n) is 5.75. The number of allylic oxidation sites excluding steroid dienone is 7. The highest BCUT2D eigenvalue weighted by molar-refractivity contribution is 5.82. The second-order valence-corrected chi connectivity index (χ2v) is 5.75. The minimum Gasteiger partial charge on any atom is -0.508 e. The topological polar surface area (TPSA) is 46.5 Å². The number of rotatable bonds is 7. The summed E-state index contributed by atoms with van der Waals surface area (Å²) in [6.07, 6.45) is 15.4. The zero-order valence-electron chi connectivity index (χ0n) is 13.7. The molecule has 0 bridgehead atoms. The van der Waals surface area contributed by atoms with Crippen molar-refractivity contribution in [3.63, 3.8) is 0 Å². The monoisotopic (exact) mass is 302 g/mol. The Morgan fingerprint density at radius 1 is 1.36 bits per heavy atom. The molecule has 0 heterocycles. The van der Waals surface area contributed by atoms with Crippen LogP contribution >= 0.6 is 0 Å². The van der Waals surface area contributed by atoms with Gasteiger partial charge in [0.05, 0.1) is 0 Å². The Morgan fingerprint density at radius 3 is 2.77 bits per heavy atom. The summed E-state index contributed by atoms with van der Waals surface area (Å²) in [5, 5.41) is 9.21. The van der Waals surface area contributed by atoms with Crippen LogP contribution in [-0.2, 0) is 9.53 Å². The molecule has 1 aliphatic carbocycles. The zero-order chi connectivity index (χ0) is 16.4. The molecule has 0 aromatic carbocycles. The average Bonchev–Trinajstić information content (AvgIpc) is 2.46. The van der Waals surface area contributed by atoms with Gasteiger partial charge in [-0.1, -0.05) is 29.4 Å². The lowest BCUT2D eigenvalue weighted by Crippen LogP contribution is -2.03. The van der Waals surface area contributed by atoms with Crippen molar-refractivity contribution in [2.45, 2.75) is 40.0 Å². The Kier molecular flexibility index (Phi) is 8.05. The molecule has 0 aliphatic heterocycles. The molecule has 0 amide bonds. The van der Waals surface area contributed by atoms with Crippen molar-refractivity contribution in [1.82, 2.24) is 0 Å². The quantitative estimate of drug-likeness (QED) is 0.417. The van der Waals surface area contributed by atoms with E-state index in [0.29, 0.717) is 13.0 Å². The van der Waals surface area contributed by atoms with E-state index in [2.05, 4.69) is 19.9 Å². The fraction of sp³-hybridized carbons (Fsp3) is 0.421. The summed E-state index contributed by atoms with van der Waals surface area (Å²) in [6.45, 7) is 6.54. The molecule has 1 N–H and O–H groups in total. The molecular formula is C19H26O3. The number of aliphatic hydroxyl groups is 1. The van der Waals surface area contributed by atoms with E-state index >= 15 is 0 Å². The lowest BCUT2D eigenvalue weighted by molar-refractivity contribution is -0.136. The second kappa shape index (κ2) is 9.82. The molecule has 0 aromatic rings. The molecule has 1 rings (SSSR count). The number of aliphatic hydroxyl groups excluding tert-OH is 1. The third-order valence-corrected chi connectivity index (χ3v) is 3.34. The van der Waals surface area contributed by atoms with Crippen molar-refractivity contribution in [3.8, 4) is 0 Å². The SMILES string of the molecule is CC(C)=CCC/C(C)=C/COC(=O)/C=C/C1C=CC(O)=CC1. The summed E-state index contributed by atoms with van der Waals surface area (Å²) < 4.78 is 5.15. The van der Waals surface area contributed by atoms with E-state index < -0.39 is 0 Å². The van der Waals surface area contributed by atoms with Gasteiger partial charge in [0.25, 0.3) is 0 Å². The molecule has 0 radical (unpaired) electrons. The number of carbonyl (C=O) groups excluding carboxylic acids is 1. The van der Waals surface area contributed by atoms with Gasteiger partial charge in [-0.25, -0.2) is 4.79 Å². The number of hydrogen-bond donors (Lipinski definition) is 1. The summed E-state index contributed by atoms with van der Waals surface area (Å²) in [6, 6.07) is 0. The number of hydrogen-bond acceptors (Lipinski definition) is 3. The number of esters is 1. The maximum atomic E-state index is 11.6. The lowest BCUT2D eigenvalue weighted by atomic mass is 10.00. The number of ether oxygens (including phenoxy) is 1. The maximum Gasteiger partial charge on any atom is 0.330 e. The average molecular weight is 302 g/mol. The molecule has 0 spiro atoms. The Labute approximate surface area is 133 Å². The largest absolute Gasteiger partial charge is 0.508 e. The maximum absolute atomic E-state index is 11.6. The molecule has 0 saturated carbocycles. The normalized spacial score (nSPS) is 18.2. The lowest BCUT2D eigenvalue weighted by Gasteiger charge is -2.08. The van der Waals surface area contributed by atoms with E-state index in [9.17, 15) is 9.90 Å². The fourth-order valence-electron chi connectivity index (χ4n) is 1.98. The highest BCUT2D eigenvalue weighted by Crippen LogP contribution is 2.15. The van der Waals surface area contributed by atoms with Gasteiger partial charge in [0.15, 0.2) is 0 Å². The van der Waals surface area contributed by atoms with Crippen molar-refractivity contribution >= 4 is 5.97 Å². The first-order chi connectivity index (χ1) is 10.5. The summed E-state index contributed by atoms with van der Waals surface area (Å²) in [5.41, 5.74) is 2.55. The van der Waals surface area contributed by atoms with Crippen LogP contribution in [0, 0.1) is 5.92 Å². The third kappa shape index (κ3) is 8.30. The Bertz CT molecular complexity index is 515. The first-order valence-electron chi connectivity index (χ1n) is 7.68. The van der Waals surface area contributed by atoms with Gasteiger partial charge in [-0.15, -0.1) is 0 Å². The zero-order valence-corrected chi connectivity index (χ0v) is 13.7. The van der Waals surface area contributed by atoms with Crippen LogP contribution in [0.15, 0.2) is 59.4 Å². The predicted molar refractivity (Wildman–Crippen MR) is 90.5 cm³/mol. The molecule has 1 aliphatic rings. The van der Waals surface area contributed by atoms with E-state index in [4.69, 9.17) is 4.74 Å². The summed E-state index contributed by atoms with van der Waals surface area (Å²) in [5.74, 6) is 0.0891. The summed E-state index contributed by atoms with van der Waals surface area (Å²) in [4.78, 5) is 11.6. The van der Waals surface area contributed by atoms with Crippen LogP contribution in [0.25, 0.3) is 0 Å². The van der Waals surface area contributed by atoms with Gasteiger partial charge in [0, 0.05) is 6.08 Å². The highest BCUT2D eigenvalue weighted by atomic mass is 16.5. The minimum absolute atomic E-state index is 0.143. The van der Waals surface area contributed by atoms with Gasteiger partial charge in [0.1, 0.15) is 12.4 Å². The van der Waals surface area contributed by atoms with E-state index in [0.717, 1.165) is 12.8 Å². The van der Waals surface area contributed by atoms with Crippen molar-refractivity contribution in [2.24, 2.45) is 5.92 Å². The molecule has 1 atom stereocenters. The van der Waals surface area contributed by atoms with Gasteiger partial charge in [-0.3, -0.25) is 0 Å². The van der Waals surface area contributed by atoms with E-state index in [1.54, 1.807) is 18.2 Å². The van der Waals surface area contributed by atoms with Gasteiger partial charge in [-0.05, 0) is 64.2 Å². The van der Waals surface area contributed by atoms with E-state index in [1.807, 2.05) is 19.1 Å². The summed E-state index contributed by atoms with van der Waals surface area (Å²) in [7, 11) is 0. The molecular weight excluding hydrogens is 276 g/mol. The van der Waals surface area contributed by atoms with Crippen LogP contribution in [0.4, 0.5) is 0 Å². The van der Waals surface area contributed by atoms with Gasteiger partial charge >= 0.3 is 5.97 Å². The van der Waals surface area contributed by atoms with Crippen LogP contribution in [0.1, 0.15) is 40.0 Å². The molecule has 1 unspecified atom stereocenters. The molecule has 0 fully saturated rings. The van der Waals surface area contributed by atoms with E-state index in [-0.39, 0.29) is 17.6 Å². The first kappa shape index (κ1) is 18.0. The molecule has 3 heteroatoms. The standard InChI is InChI=1S/C19H26O3/c1-15(2)5-4-6-16(3)13-14-22-19(21)12-9-17-7-10-18(20)11-8-17/h5,7,9-13,17,20H,4,6,8,14H2,1-3H3/b12-9+,16-13+. The molecule has 0 aromatic heterocycles. The smallest absolute Gasteiger partial charge is 0.330 e. The highest BCUT2D eigenvalue weighted by Gasteiger charge is 2.05. The number of carbonyl (C=O) groups is 1. The van der Waals surface area contributed by atoms with Crippen molar-refractivity contribution in [3.05, 3.63) is 59.4 Å². The van der Waals surface area contributed by atoms with Crippen LogP contribution in [0.2, 0.25) is 0 Å². The van der Waals surface area contributed by atoms with E-state index in [1.165, 1.54) is 17.2 Å². The Morgan fingerprint density at radius 2 is 2.14 bits per heavy atom. The van der Waals surface area contributed by atoms with Gasteiger partial charge in [0.2, 0.25) is 0 Å². The predicted octanol–water partition coefficient (Wildman–Crippen LogP) is 4.80. The molecule has 120 valence electrons. The van der Waals surface area contributed by atoms with Gasteiger partial charge < -0.3 is 9.84 Å².